The number of benzene rings is 1. The number of ether oxygens (including phenoxy) is 1. The highest BCUT2D eigenvalue weighted by Gasteiger charge is 2.20. The Morgan fingerprint density at radius 1 is 1.47 bits per heavy atom. The van der Waals surface area contributed by atoms with E-state index in [2.05, 4.69) is 11.8 Å². The van der Waals surface area contributed by atoms with Crippen molar-refractivity contribution in [3.8, 4) is 5.75 Å². The van der Waals surface area contributed by atoms with Crippen molar-refractivity contribution < 1.29 is 4.74 Å². The van der Waals surface area contributed by atoms with Crippen LogP contribution in [0.4, 0.5) is 5.69 Å². The molecular formula is C14H22N2O. The fraction of sp³-hybridized carbons (Fsp3) is 0.571. The van der Waals surface area contributed by atoms with Crippen LogP contribution in [0.2, 0.25) is 0 Å². The van der Waals surface area contributed by atoms with Crippen molar-refractivity contribution >= 4 is 5.69 Å². The van der Waals surface area contributed by atoms with Crippen LogP contribution >= 0.6 is 0 Å². The molecule has 1 saturated heterocycles. The maximum Gasteiger partial charge on any atom is 0.121 e. The van der Waals surface area contributed by atoms with Gasteiger partial charge in [0.25, 0.3) is 0 Å². The Morgan fingerprint density at radius 2 is 2.35 bits per heavy atom. The molecule has 0 saturated carbocycles. The van der Waals surface area contributed by atoms with Gasteiger partial charge in [-0.25, -0.2) is 0 Å². The third kappa shape index (κ3) is 3.63. The smallest absolute Gasteiger partial charge is 0.121 e. The van der Waals surface area contributed by atoms with Crippen LogP contribution in [0.3, 0.4) is 0 Å². The maximum absolute atomic E-state index is 5.70. The molecule has 0 amide bonds. The maximum atomic E-state index is 5.70. The van der Waals surface area contributed by atoms with E-state index in [1.54, 1.807) is 0 Å². The summed E-state index contributed by atoms with van der Waals surface area (Å²) in [7, 11) is 0. The van der Waals surface area contributed by atoms with Crippen LogP contribution in [-0.2, 0) is 0 Å². The van der Waals surface area contributed by atoms with E-state index in [0.29, 0.717) is 0 Å². The van der Waals surface area contributed by atoms with Gasteiger partial charge in [0.2, 0.25) is 0 Å². The number of hydrogen-bond acceptors (Lipinski definition) is 3. The topological polar surface area (TPSA) is 38.5 Å². The normalized spacial score (nSPS) is 20.6. The number of likely N-dealkylation sites (tertiary alicyclic amines) is 1. The second-order valence-electron chi connectivity index (χ2n) is 4.78. The van der Waals surface area contributed by atoms with Crippen molar-refractivity contribution in [2.24, 2.45) is 5.92 Å². The van der Waals surface area contributed by atoms with E-state index in [1.807, 2.05) is 24.3 Å². The molecule has 17 heavy (non-hydrogen) atoms. The van der Waals surface area contributed by atoms with E-state index in [0.717, 1.165) is 30.5 Å². The molecule has 1 aromatic carbocycles. The Morgan fingerprint density at radius 3 is 3.06 bits per heavy atom. The van der Waals surface area contributed by atoms with Gasteiger partial charge in [0.15, 0.2) is 0 Å². The first-order valence-electron chi connectivity index (χ1n) is 6.48. The standard InChI is InChI=1S/C14H22N2O/c1-2-12-6-7-16(11-12)8-9-17-14-5-3-4-13(15)10-14/h3-5,10,12H,2,6-9,11,15H2,1H3. The lowest BCUT2D eigenvalue weighted by atomic mass is 10.1. The van der Waals surface area contributed by atoms with Crippen LogP contribution in [0.1, 0.15) is 19.8 Å². The molecule has 1 heterocycles. The van der Waals surface area contributed by atoms with Crippen molar-refractivity contribution in [1.29, 1.82) is 0 Å². The summed E-state index contributed by atoms with van der Waals surface area (Å²) in [5, 5.41) is 0. The average molecular weight is 234 g/mol. The molecule has 1 aromatic rings. The fourth-order valence-corrected chi connectivity index (χ4v) is 2.35. The minimum absolute atomic E-state index is 0.750. The molecule has 1 fully saturated rings. The zero-order valence-electron chi connectivity index (χ0n) is 10.6. The lowest BCUT2D eigenvalue weighted by Crippen LogP contribution is -2.26. The lowest BCUT2D eigenvalue weighted by Gasteiger charge is -2.16. The quantitative estimate of drug-likeness (QED) is 0.795. The second kappa shape index (κ2) is 5.92. The Hall–Kier alpha value is -1.22. The molecule has 0 spiro atoms. The first kappa shape index (κ1) is 12.2. The van der Waals surface area contributed by atoms with Crippen LogP contribution in [0.25, 0.3) is 0 Å². The van der Waals surface area contributed by atoms with Gasteiger partial charge in [0.1, 0.15) is 12.4 Å². The molecule has 1 aliphatic heterocycles. The van der Waals surface area contributed by atoms with E-state index in [4.69, 9.17) is 10.5 Å². The van der Waals surface area contributed by atoms with E-state index < -0.39 is 0 Å². The number of nitrogens with two attached hydrogens (primary N) is 1. The summed E-state index contributed by atoms with van der Waals surface area (Å²) in [4.78, 5) is 2.49. The highest BCUT2D eigenvalue weighted by Crippen LogP contribution is 2.19. The molecule has 94 valence electrons. The summed E-state index contributed by atoms with van der Waals surface area (Å²) >= 11 is 0. The number of rotatable bonds is 5. The number of hydrogen-bond donors (Lipinski definition) is 1. The first-order valence-corrected chi connectivity index (χ1v) is 6.48. The SMILES string of the molecule is CCC1CCN(CCOc2cccc(N)c2)C1. The summed E-state index contributed by atoms with van der Waals surface area (Å²) in [5.41, 5.74) is 6.46. The molecule has 0 bridgehead atoms. The van der Waals surface area contributed by atoms with Gasteiger partial charge in [-0.2, -0.15) is 0 Å². The van der Waals surface area contributed by atoms with Crippen molar-refractivity contribution in [2.75, 3.05) is 32.0 Å². The van der Waals surface area contributed by atoms with Gasteiger partial charge in [-0.05, 0) is 31.0 Å². The third-order valence-electron chi connectivity index (χ3n) is 3.48. The van der Waals surface area contributed by atoms with Gasteiger partial charge in [-0.15, -0.1) is 0 Å². The Bertz CT molecular complexity index is 354. The molecule has 1 atom stereocenters. The fourth-order valence-electron chi connectivity index (χ4n) is 2.35. The zero-order valence-corrected chi connectivity index (χ0v) is 10.6. The minimum atomic E-state index is 0.750. The predicted molar refractivity (Wildman–Crippen MR) is 71.2 cm³/mol. The van der Waals surface area contributed by atoms with Crippen LogP contribution in [0.5, 0.6) is 5.75 Å². The van der Waals surface area contributed by atoms with E-state index in [-0.39, 0.29) is 0 Å². The van der Waals surface area contributed by atoms with Crippen LogP contribution < -0.4 is 10.5 Å². The third-order valence-corrected chi connectivity index (χ3v) is 3.48. The minimum Gasteiger partial charge on any atom is -0.492 e. The van der Waals surface area contributed by atoms with Gasteiger partial charge in [-0.1, -0.05) is 19.4 Å². The summed E-state index contributed by atoms with van der Waals surface area (Å²) in [6.07, 6.45) is 2.64. The van der Waals surface area contributed by atoms with Gasteiger partial charge >= 0.3 is 0 Å². The molecule has 0 radical (unpaired) electrons. The highest BCUT2D eigenvalue weighted by molar-refractivity contribution is 5.43. The van der Waals surface area contributed by atoms with Crippen molar-refractivity contribution in [1.82, 2.24) is 4.90 Å². The Balaban J connectivity index is 1.70. The molecule has 1 aliphatic rings. The molecular weight excluding hydrogens is 212 g/mol. The molecule has 1 unspecified atom stereocenters. The van der Waals surface area contributed by atoms with Crippen LogP contribution in [0.15, 0.2) is 24.3 Å². The van der Waals surface area contributed by atoms with Crippen LogP contribution in [0, 0.1) is 5.92 Å². The van der Waals surface area contributed by atoms with E-state index >= 15 is 0 Å². The number of nitrogens with zero attached hydrogens (tertiary/aromatic N) is 1. The average Bonchev–Trinajstić information content (AvgIpc) is 2.77. The van der Waals surface area contributed by atoms with E-state index in [1.165, 1.54) is 25.9 Å². The van der Waals surface area contributed by atoms with Crippen molar-refractivity contribution in [3.63, 3.8) is 0 Å². The lowest BCUT2D eigenvalue weighted by molar-refractivity contribution is 0.232. The predicted octanol–water partition coefficient (Wildman–Crippen LogP) is 2.38. The summed E-state index contributed by atoms with van der Waals surface area (Å²) in [6.45, 7) is 6.50. The van der Waals surface area contributed by atoms with Crippen molar-refractivity contribution in [2.45, 2.75) is 19.8 Å². The number of nitrogen functional groups attached to an aromatic ring is 1. The molecule has 2 N–H and O–H groups in total. The monoisotopic (exact) mass is 234 g/mol. The van der Waals surface area contributed by atoms with Gasteiger partial charge < -0.3 is 10.5 Å². The Kier molecular flexibility index (Phi) is 4.26. The molecule has 2 rings (SSSR count). The largest absolute Gasteiger partial charge is 0.492 e. The van der Waals surface area contributed by atoms with Gasteiger partial charge in [0, 0.05) is 24.8 Å². The molecule has 0 aliphatic carbocycles. The summed E-state index contributed by atoms with van der Waals surface area (Å²) in [6, 6.07) is 7.63. The highest BCUT2D eigenvalue weighted by atomic mass is 16.5. The number of anilines is 1. The molecule has 3 heteroatoms. The molecule has 3 nitrogen and oxygen atoms in total. The molecule has 0 aromatic heterocycles. The Labute approximate surface area is 104 Å². The summed E-state index contributed by atoms with van der Waals surface area (Å²) in [5.74, 6) is 1.76. The van der Waals surface area contributed by atoms with Crippen LogP contribution in [-0.4, -0.2) is 31.1 Å². The van der Waals surface area contributed by atoms with Gasteiger partial charge in [0.05, 0.1) is 0 Å². The van der Waals surface area contributed by atoms with Crippen molar-refractivity contribution in [3.05, 3.63) is 24.3 Å². The second-order valence-corrected chi connectivity index (χ2v) is 4.78. The first-order chi connectivity index (χ1) is 8.28. The summed E-state index contributed by atoms with van der Waals surface area (Å²) < 4.78 is 5.70. The van der Waals surface area contributed by atoms with Gasteiger partial charge in [-0.3, -0.25) is 4.90 Å². The van der Waals surface area contributed by atoms with E-state index in [9.17, 15) is 0 Å². The zero-order chi connectivity index (χ0) is 12.1.